The van der Waals surface area contributed by atoms with Crippen LogP contribution in [-0.2, 0) is 6.54 Å². The van der Waals surface area contributed by atoms with Crippen molar-refractivity contribution < 1.29 is 14.6 Å². The number of methoxy groups -OCH3 is 2. The van der Waals surface area contributed by atoms with Crippen LogP contribution in [0.2, 0.25) is 0 Å². The second kappa shape index (κ2) is 6.78. The van der Waals surface area contributed by atoms with Gasteiger partial charge in [-0.2, -0.15) is 0 Å². The maximum absolute atomic E-state index is 9.03. The lowest BCUT2D eigenvalue weighted by Crippen LogP contribution is -2.39. The highest BCUT2D eigenvalue weighted by molar-refractivity contribution is 5.47. The Bertz CT molecular complexity index is 416. The molecule has 0 saturated carbocycles. The monoisotopic (exact) mass is 267 g/mol. The maximum Gasteiger partial charge on any atom is 0.161 e. The van der Waals surface area contributed by atoms with E-state index < -0.39 is 0 Å². The molecule has 0 saturated heterocycles. The summed E-state index contributed by atoms with van der Waals surface area (Å²) in [4.78, 5) is 0. The zero-order valence-electron chi connectivity index (χ0n) is 12.5. The van der Waals surface area contributed by atoms with Crippen LogP contribution in [0.1, 0.15) is 31.4 Å². The minimum absolute atomic E-state index is 0.0889. The molecule has 0 aliphatic carbocycles. The fourth-order valence-electron chi connectivity index (χ4n) is 1.92. The second-order valence-electron chi connectivity index (χ2n) is 5.34. The average Bonchev–Trinajstić information content (AvgIpc) is 2.36. The summed E-state index contributed by atoms with van der Waals surface area (Å²) in [5.41, 5.74) is 2.24. The van der Waals surface area contributed by atoms with Crippen molar-refractivity contribution in [3.05, 3.63) is 23.3 Å². The molecule has 0 amide bonds. The largest absolute Gasteiger partial charge is 0.493 e. The Morgan fingerprint density at radius 3 is 2.26 bits per heavy atom. The third-order valence-electron chi connectivity index (χ3n) is 3.34. The van der Waals surface area contributed by atoms with Gasteiger partial charge in [-0.05, 0) is 50.5 Å². The molecule has 0 unspecified atom stereocenters. The van der Waals surface area contributed by atoms with E-state index in [1.54, 1.807) is 14.2 Å². The first-order valence-corrected chi connectivity index (χ1v) is 6.51. The van der Waals surface area contributed by atoms with Crippen molar-refractivity contribution in [1.82, 2.24) is 5.32 Å². The fraction of sp³-hybridized carbons (Fsp3) is 0.600. The molecule has 0 radical (unpaired) electrons. The third kappa shape index (κ3) is 4.40. The van der Waals surface area contributed by atoms with Crippen LogP contribution >= 0.6 is 0 Å². The molecule has 1 rings (SSSR count). The first-order chi connectivity index (χ1) is 8.93. The number of ether oxygens (including phenoxy) is 2. The van der Waals surface area contributed by atoms with E-state index in [1.807, 2.05) is 12.1 Å². The van der Waals surface area contributed by atoms with Gasteiger partial charge in [-0.15, -0.1) is 0 Å². The minimum Gasteiger partial charge on any atom is -0.493 e. The second-order valence-corrected chi connectivity index (χ2v) is 5.34. The highest BCUT2D eigenvalue weighted by Gasteiger charge is 2.17. The number of aryl methyl sites for hydroxylation is 1. The molecular formula is C15H25NO3. The van der Waals surface area contributed by atoms with E-state index in [-0.39, 0.29) is 12.1 Å². The number of hydrogen-bond donors (Lipinski definition) is 2. The zero-order valence-corrected chi connectivity index (χ0v) is 12.5. The summed E-state index contributed by atoms with van der Waals surface area (Å²) in [5, 5.41) is 12.5. The van der Waals surface area contributed by atoms with Crippen LogP contribution in [0.25, 0.3) is 0 Å². The minimum atomic E-state index is -0.0889. The number of aliphatic hydroxyl groups is 1. The molecule has 0 atom stereocenters. The quantitative estimate of drug-likeness (QED) is 0.795. The van der Waals surface area contributed by atoms with Gasteiger partial charge in [0.25, 0.3) is 0 Å². The Labute approximate surface area is 115 Å². The first-order valence-electron chi connectivity index (χ1n) is 6.51. The third-order valence-corrected chi connectivity index (χ3v) is 3.34. The van der Waals surface area contributed by atoms with Crippen LogP contribution in [0.15, 0.2) is 12.1 Å². The molecule has 4 heteroatoms. The predicted octanol–water partition coefficient (Wildman–Crippen LogP) is 2.26. The van der Waals surface area contributed by atoms with Gasteiger partial charge in [0.2, 0.25) is 0 Å². The van der Waals surface area contributed by atoms with E-state index in [9.17, 15) is 0 Å². The van der Waals surface area contributed by atoms with Crippen LogP contribution in [-0.4, -0.2) is 31.5 Å². The Balaban J connectivity index is 2.84. The van der Waals surface area contributed by atoms with Gasteiger partial charge in [-0.3, -0.25) is 0 Å². The summed E-state index contributed by atoms with van der Waals surface area (Å²) in [6.45, 7) is 7.14. The van der Waals surface area contributed by atoms with Crippen molar-refractivity contribution >= 4 is 0 Å². The molecule has 0 aromatic heterocycles. The van der Waals surface area contributed by atoms with E-state index in [1.165, 1.54) is 5.56 Å². The normalized spacial score (nSPS) is 11.5. The maximum atomic E-state index is 9.03. The standard InChI is InChI=1S/C15H25NO3/c1-11-8-13(18-4)14(19-5)9-12(11)10-16-15(2,3)6-7-17/h8-9,16-17H,6-7,10H2,1-5H3. The Morgan fingerprint density at radius 2 is 1.74 bits per heavy atom. The Kier molecular flexibility index (Phi) is 5.63. The molecule has 19 heavy (non-hydrogen) atoms. The van der Waals surface area contributed by atoms with Crippen LogP contribution < -0.4 is 14.8 Å². The van der Waals surface area contributed by atoms with Crippen LogP contribution in [0.4, 0.5) is 0 Å². The number of nitrogens with one attached hydrogen (secondary N) is 1. The Morgan fingerprint density at radius 1 is 1.16 bits per heavy atom. The molecule has 0 bridgehead atoms. The van der Waals surface area contributed by atoms with Gasteiger partial charge in [0, 0.05) is 18.7 Å². The molecule has 108 valence electrons. The van der Waals surface area contributed by atoms with Crippen molar-refractivity contribution in [3.8, 4) is 11.5 Å². The van der Waals surface area contributed by atoms with Gasteiger partial charge >= 0.3 is 0 Å². The number of benzene rings is 1. The van der Waals surface area contributed by atoms with Crippen molar-refractivity contribution in [2.45, 2.75) is 39.3 Å². The van der Waals surface area contributed by atoms with Crippen LogP contribution in [0, 0.1) is 6.92 Å². The van der Waals surface area contributed by atoms with Crippen LogP contribution in [0.3, 0.4) is 0 Å². The molecule has 0 aliphatic heterocycles. The van der Waals surface area contributed by atoms with E-state index >= 15 is 0 Å². The van der Waals surface area contributed by atoms with Gasteiger partial charge in [-0.25, -0.2) is 0 Å². The molecule has 1 aromatic rings. The lowest BCUT2D eigenvalue weighted by Gasteiger charge is -2.26. The molecule has 2 N–H and O–H groups in total. The number of rotatable bonds is 7. The predicted molar refractivity (Wildman–Crippen MR) is 76.9 cm³/mol. The van der Waals surface area contributed by atoms with Crippen LogP contribution in [0.5, 0.6) is 11.5 Å². The lowest BCUT2D eigenvalue weighted by molar-refractivity contribution is 0.230. The van der Waals surface area contributed by atoms with Crippen molar-refractivity contribution in [1.29, 1.82) is 0 Å². The van der Waals surface area contributed by atoms with Gasteiger partial charge in [0.1, 0.15) is 0 Å². The van der Waals surface area contributed by atoms with Gasteiger partial charge in [0.15, 0.2) is 11.5 Å². The van der Waals surface area contributed by atoms with E-state index in [2.05, 4.69) is 26.1 Å². The smallest absolute Gasteiger partial charge is 0.161 e. The zero-order chi connectivity index (χ0) is 14.5. The fourth-order valence-corrected chi connectivity index (χ4v) is 1.92. The van der Waals surface area contributed by atoms with Gasteiger partial charge in [-0.1, -0.05) is 0 Å². The molecule has 4 nitrogen and oxygen atoms in total. The summed E-state index contributed by atoms with van der Waals surface area (Å²) in [5.74, 6) is 1.49. The summed E-state index contributed by atoms with van der Waals surface area (Å²) in [6.07, 6.45) is 0.722. The first kappa shape index (κ1) is 15.8. The SMILES string of the molecule is COc1cc(C)c(CNC(C)(C)CCO)cc1OC. The number of hydrogen-bond acceptors (Lipinski definition) is 4. The van der Waals surface area contributed by atoms with Crippen molar-refractivity contribution in [3.63, 3.8) is 0 Å². The molecular weight excluding hydrogens is 242 g/mol. The topological polar surface area (TPSA) is 50.7 Å². The van der Waals surface area contributed by atoms with Gasteiger partial charge in [0.05, 0.1) is 14.2 Å². The van der Waals surface area contributed by atoms with Gasteiger partial charge < -0.3 is 19.9 Å². The average molecular weight is 267 g/mol. The van der Waals surface area contributed by atoms with E-state index in [0.29, 0.717) is 0 Å². The molecule has 0 spiro atoms. The summed E-state index contributed by atoms with van der Waals surface area (Å²) in [7, 11) is 3.28. The van der Waals surface area contributed by atoms with Crippen molar-refractivity contribution in [2.75, 3.05) is 20.8 Å². The highest BCUT2D eigenvalue weighted by atomic mass is 16.5. The molecule has 0 heterocycles. The molecule has 1 aromatic carbocycles. The molecule has 0 aliphatic rings. The van der Waals surface area contributed by atoms with E-state index in [4.69, 9.17) is 14.6 Å². The highest BCUT2D eigenvalue weighted by Crippen LogP contribution is 2.30. The lowest BCUT2D eigenvalue weighted by atomic mass is 10.00. The van der Waals surface area contributed by atoms with E-state index in [0.717, 1.165) is 30.0 Å². The summed E-state index contributed by atoms with van der Waals surface area (Å²) < 4.78 is 10.6. The summed E-state index contributed by atoms with van der Waals surface area (Å²) in [6, 6.07) is 3.98. The summed E-state index contributed by atoms with van der Waals surface area (Å²) >= 11 is 0. The van der Waals surface area contributed by atoms with Crippen molar-refractivity contribution in [2.24, 2.45) is 0 Å². The Hall–Kier alpha value is -1.26. The molecule has 0 fully saturated rings. The number of aliphatic hydroxyl groups excluding tert-OH is 1.